The van der Waals surface area contributed by atoms with Crippen LogP contribution in [0.2, 0.25) is 5.02 Å². The predicted molar refractivity (Wildman–Crippen MR) is 83.6 cm³/mol. The molecule has 2 N–H and O–H groups in total. The molecule has 0 amide bonds. The Bertz CT molecular complexity index is 736. The molecule has 0 atom stereocenters. The third-order valence-electron chi connectivity index (χ3n) is 3.28. The first-order valence-electron chi connectivity index (χ1n) is 6.40. The minimum Gasteiger partial charge on any atom is -0.496 e. The fourth-order valence-corrected chi connectivity index (χ4v) is 2.44. The third kappa shape index (κ3) is 2.58. The number of fused-ring (bicyclic) bond motifs is 1. The molecular weight excluding hydrogens is 272 g/mol. The number of hydrogen-bond acceptors (Lipinski definition) is 2. The van der Waals surface area contributed by atoms with Crippen LogP contribution in [0.1, 0.15) is 5.56 Å². The van der Waals surface area contributed by atoms with Crippen LogP contribution in [0.25, 0.3) is 10.9 Å². The number of H-pyrrole nitrogens is 1. The quantitative estimate of drug-likeness (QED) is 0.744. The molecule has 0 saturated heterocycles. The molecule has 102 valence electrons. The average Bonchev–Trinajstić information content (AvgIpc) is 2.92. The Labute approximate surface area is 122 Å². The second-order valence-electron chi connectivity index (χ2n) is 4.59. The maximum Gasteiger partial charge on any atom is 0.123 e. The van der Waals surface area contributed by atoms with Crippen molar-refractivity contribution in [1.82, 2.24) is 4.98 Å². The Morgan fingerprint density at radius 2 is 2.05 bits per heavy atom. The Morgan fingerprint density at radius 3 is 2.90 bits per heavy atom. The minimum absolute atomic E-state index is 0.666. The number of anilines is 1. The van der Waals surface area contributed by atoms with E-state index in [9.17, 15) is 0 Å². The van der Waals surface area contributed by atoms with Crippen LogP contribution in [0.15, 0.2) is 48.7 Å². The van der Waals surface area contributed by atoms with Crippen LogP contribution in [0.5, 0.6) is 5.75 Å². The number of nitrogens with one attached hydrogen (secondary N) is 2. The fourth-order valence-electron chi connectivity index (χ4n) is 2.25. The lowest BCUT2D eigenvalue weighted by Gasteiger charge is -2.11. The summed E-state index contributed by atoms with van der Waals surface area (Å²) in [5.74, 6) is 0.838. The van der Waals surface area contributed by atoms with E-state index in [4.69, 9.17) is 16.3 Å². The molecule has 0 saturated carbocycles. The summed E-state index contributed by atoms with van der Waals surface area (Å²) >= 11 is 6.03. The Balaban J connectivity index is 1.80. The highest BCUT2D eigenvalue weighted by Crippen LogP contribution is 2.24. The topological polar surface area (TPSA) is 37.0 Å². The molecule has 3 nitrogen and oxygen atoms in total. The van der Waals surface area contributed by atoms with Gasteiger partial charge >= 0.3 is 0 Å². The number of rotatable bonds is 4. The molecule has 0 bridgehead atoms. The van der Waals surface area contributed by atoms with Crippen molar-refractivity contribution in [2.75, 3.05) is 12.4 Å². The highest BCUT2D eigenvalue weighted by atomic mass is 35.5. The van der Waals surface area contributed by atoms with Gasteiger partial charge in [0.15, 0.2) is 0 Å². The predicted octanol–water partition coefficient (Wildman–Crippen LogP) is 4.44. The lowest BCUT2D eigenvalue weighted by molar-refractivity contribution is 0.410. The van der Waals surface area contributed by atoms with Crippen LogP contribution in [0.3, 0.4) is 0 Å². The smallest absolute Gasteiger partial charge is 0.123 e. The summed E-state index contributed by atoms with van der Waals surface area (Å²) in [5, 5.41) is 5.29. The first-order valence-corrected chi connectivity index (χ1v) is 6.77. The molecule has 0 aliphatic carbocycles. The van der Waals surface area contributed by atoms with Gasteiger partial charge in [0, 0.05) is 39.9 Å². The first-order chi connectivity index (χ1) is 9.76. The molecule has 4 heteroatoms. The van der Waals surface area contributed by atoms with Crippen LogP contribution < -0.4 is 10.1 Å². The average molecular weight is 287 g/mol. The van der Waals surface area contributed by atoms with E-state index in [-0.39, 0.29) is 0 Å². The van der Waals surface area contributed by atoms with E-state index in [1.165, 1.54) is 5.39 Å². The minimum atomic E-state index is 0.666. The highest BCUT2D eigenvalue weighted by Gasteiger charge is 2.04. The molecule has 2 aromatic carbocycles. The molecule has 0 unspecified atom stereocenters. The van der Waals surface area contributed by atoms with Gasteiger partial charge in [0.1, 0.15) is 5.75 Å². The molecule has 1 heterocycles. The van der Waals surface area contributed by atoms with Crippen molar-refractivity contribution in [2.45, 2.75) is 6.54 Å². The van der Waals surface area contributed by atoms with Crippen molar-refractivity contribution in [1.29, 1.82) is 0 Å². The lowest BCUT2D eigenvalue weighted by atomic mass is 10.2. The van der Waals surface area contributed by atoms with Gasteiger partial charge in [-0.05, 0) is 42.5 Å². The molecule has 0 spiro atoms. The van der Waals surface area contributed by atoms with Crippen molar-refractivity contribution in [3.05, 3.63) is 59.2 Å². The number of halogens is 1. The summed E-state index contributed by atoms with van der Waals surface area (Å²) in [5.41, 5.74) is 3.24. The number of benzene rings is 2. The van der Waals surface area contributed by atoms with Gasteiger partial charge < -0.3 is 15.0 Å². The van der Waals surface area contributed by atoms with E-state index in [0.29, 0.717) is 11.6 Å². The summed E-state index contributed by atoms with van der Waals surface area (Å²) in [7, 11) is 1.67. The molecule has 3 rings (SSSR count). The van der Waals surface area contributed by atoms with Crippen molar-refractivity contribution in [2.24, 2.45) is 0 Å². The van der Waals surface area contributed by atoms with E-state index in [2.05, 4.69) is 34.6 Å². The molecular formula is C16H15ClN2O. The van der Waals surface area contributed by atoms with Gasteiger partial charge in [-0.1, -0.05) is 11.6 Å². The van der Waals surface area contributed by atoms with Gasteiger partial charge in [0.05, 0.1) is 7.11 Å². The van der Waals surface area contributed by atoms with Gasteiger partial charge in [-0.3, -0.25) is 0 Å². The van der Waals surface area contributed by atoms with Crippen molar-refractivity contribution in [3.8, 4) is 5.75 Å². The molecule has 1 aromatic heterocycles. The SMILES string of the molecule is COc1ccc(Cl)cc1CNc1ccc2[nH]ccc2c1. The van der Waals surface area contributed by atoms with Crippen LogP contribution in [0.4, 0.5) is 5.69 Å². The highest BCUT2D eigenvalue weighted by molar-refractivity contribution is 6.30. The molecule has 0 aliphatic rings. The summed E-state index contributed by atoms with van der Waals surface area (Å²) in [6.45, 7) is 0.666. The van der Waals surface area contributed by atoms with Gasteiger partial charge in [-0.25, -0.2) is 0 Å². The summed E-state index contributed by atoms with van der Waals surface area (Å²) < 4.78 is 5.34. The zero-order valence-electron chi connectivity index (χ0n) is 11.1. The van der Waals surface area contributed by atoms with Gasteiger partial charge in [0.2, 0.25) is 0 Å². The zero-order chi connectivity index (χ0) is 13.9. The normalized spacial score (nSPS) is 10.7. The van der Waals surface area contributed by atoms with Gasteiger partial charge in [-0.2, -0.15) is 0 Å². The van der Waals surface area contributed by atoms with Gasteiger partial charge in [-0.15, -0.1) is 0 Å². The maximum atomic E-state index is 6.03. The molecule has 0 aliphatic heterocycles. The van der Waals surface area contributed by atoms with Crippen LogP contribution >= 0.6 is 11.6 Å². The third-order valence-corrected chi connectivity index (χ3v) is 3.51. The second-order valence-corrected chi connectivity index (χ2v) is 5.03. The lowest BCUT2D eigenvalue weighted by Crippen LogP contribution is -2.01. The molecule has 0 fully saturated rings. The largest absolute Gasteiger partial charge is 0.496 e. The standard InChI is InChI=1S/C16H15ClN2O/c1-20-16-5-2-13(17)8-12(16)10-19-14-3-4-15-11(9-14)6-7-18-15/h2-9,18-19H,10H2,1H3. The zero-order valence-corrected chi connectivity index (χ0v) is 11.9. The maximum absolute atomic E-state index is 6.03. The Morgan fingerprint density at radius 1 is 1.15 bits per heavy atom. The number of aromatic nitrogens is 1. The fraction of sp³-hybridized carbons (Fsp3) is 0.125. The summed E-state index contributed by atoms with van der Waals surface area (Å²) in [4.78, 5) is 3.18. The summed E-state index contributed by atoms with van der Waals surface area (Å²) in [6, 6.07) is 13.9. The van der Waals surface area contributed by atoms with E-state index in [0.717, 1.165) is 22.5 Å². The van der Waals surface area contributed by atoms with Crippen molar-refractivity contribution < 1.29 is 4.74 Å². The van der Waals surface area contributed by atoms with E-state index < -0.39 is 0 Å². The number of methoxy groups -OCH3 is 1. The molecule has 0 radical (unpaired) electrons. The van der Waals surface area contributed by atoms with Crippen molar-refractivity contribution in [3.63, 3.8) is 0 Å². The molecule has 3 aromatic rings. The van der Waals surface area contributed by atoms with Gasteiger partial charge in [0.25, 0.3) is 0 Å². The Kier molecular flexibility index (Phi) is 3.52. The second kappa shape index (κ2) is 5.47. The molecule has 20 heavy (non-hydrogen) atoms. The van der Waals surface area contributed by atoms with Crippen molar-refractivity contribution >= 4 is 28.2 Å². The van der Waals surface area contributed by atoms with E-state index in [1.54, 1.807) is 7.11 Å². The number of aromatic amines is 1. The van der Waals surface area contributed by atoms with E-state index in [1.807, 2.05) is 24.4 Å². The Hall–Kier alpha value is -2.13. The number of ether oxygens (including phenoxy) is 1. The first kappa shape index (κ1) is 12.9. The monoisotopic (exact) mass is 286 g/mol. The van der Waals surface area contributed by atoms with Crippen LogP contribution in [-0.2, 0) is 6.54 Å². The number of hydrogen-bond donors (Lipinski definition) is 2. The van der Waals surface area contributed by atoms with Crippen LogP contribution in [0, 0.1) is 0 Å². The van der Waals surface area contributed by atoms with E-state index >= 15 is 0 Å². The van der Waals surface area contributed by atoms with Crippen LogP contribution in [-0.4, -0.2) is 12.1 Å². The summed E-state index contributed by atoms with van der Waals surface area (Å²) in [6.07, 6.45) is 1.94.